The molecule has 3 N–H and O–H groups in total. The molecular formula is C17H24N2O5. The summed E-state index contributed by atoms with van der Waals surface area (Å²) >= 11 is 0. The van der Waals surface area contributed by atoms with Gasteiger partial charge in [-0.15, -0.1) is 0 Å². The average Bonchev–Trinajstić information content (AvgIpc) is 3.03. The number of carbonyl (C=O) groups is 2. The van der Waals surface area contributed by atoms with E-state index >= 15 is 0 Å². The minimum Gasteiger partial charge on any atom is -0.488 e. The Hall–Kier alpha value is -2.28. The van der Waals surface area contributed by atoms with Crippen LogP contribution in [-0.2, 0) is 16.1 Å². The van der Waals surface area contributed by atoms with Crippen molar-refractivity contribution in [2.24, 2.45) is 0 Å². The number of aliphatic carboxylic acids is 1. The van der Waals surface area contributed by atoms with Crippen molar-refractivity contribution in [1.29, 1.82) is 0 Å². The van der Waals surface area contributed by atoms with Crippen LogP contribution in [0.2, 0.25) is 0 Å². The van der Waals surface area contributed by atoms with E-state index in [2.05, 4.69) is 10.6 Å². The van der Waals surface area contributed by atoms with E-state index in [9.17, 15) is 9.59 Å². The number of ether oxygens (including phenoxy) is 2. The third-order valence-electron chi connectivity index (χ3n) is 3.70. The van der Waals surface area contributed by atoms with E-state index in [1.165, 1.54) is 0 Å². The van der Waals surface area contributed by atoms with Crippen molar-refractivity contribution in [3.8, 4) is 5.75 Å². The van der Waals surface area contributed by atoms with Gasteiger partial charge in [-0.2, -0.15) is 0 Å². The molecule has 1 aliphatic heterocycles. The Bertz CT molecular complexity index is 570. The van der Waals surface area contributed by atoms with Crippen molar-refractivity contribution < 1.29 is 24.2 Å². The molecule has 1 aromatic carbocycles. The number of carboxylic acid groups (broad SMARTS) is 1. The van der Waals surface area contributed by atoms with Crippen LogP contribution in [0, 0.1) is 6.92 Å². The van der Waals surface area contributed by atoms with Gasteiger partial charge in [-0.1, -0.05) is 12.1 Å². The molecule has 2 amide bonds. The normalized spacial score (nSPS) is 16.6. The average molecular weight is 336 g/mol. The fourth-order valence-corrected chi connectivity index (χ4v) is 2.38. The number of nitrogens with one attached hydrogen (secondary N) is 2. The zero-order valence-corrected chi connectivity index (χ0v) is 13.8. The maximum atomic E-state index is 11.8. The first-order valence-corrected chi connectivity index (χ1v) is 8.12. The van der Waals surface area contributed by atoms with Gasteiger partial charge in [0.25, 0.3) is 0 Å². The summed E-state index contributed by atoms with van der Waals surface area (Å²) < 4.78 is 11.3. The Labute approximate surface area is 141 Å². The molecule has 0 spiro atoms. The van der Waals surface area contributed by atoms with Crippen molar-refractivity contribution in [2.75, 3.05) is 19.8 Å². The quantitative estimate of drug-likeness (QED) is 0.629. The molecule has 7 nitrogen and oxygen atoms in total. The standard InChI is InChI=1S/C17H24N2O5/c1-12-4-5-13(15(9-12)24-14-6-8-23-11-14)10-19-17(22)18-7-2-3-16(20)21/h4-5,9,14H,2-3,6-8,10-11H2,1H3,(H,20,21)(H2,18,19,22). The number of amides is 2. The summed E-state index contributed by atoms with van der Waals surface area (Å²) in [5.74, 6) is -0.105. The first kappa shape index (κ1) is 18.1. The van der Waals surface area contributed by atoms with E-state index in [1.54, 1.807) is 0 Å². The molecule has 1 atom stereocenters. The van der Waals surface area contributed by atoms with Gasteiger partial charge in [-0.3, -0.25) is 4.79 Å². The third kappa shape index (κ3) is 6.08. The van der Waals surface area contributed by atoms with Gasteiger partial charge in [0, 0.05) is 31.5 Å². The van der Waals surface area contributed by atoms with E-state index in [1.807, 2.05) is 25.1 Å². The molecule has 24 heavy (non-hydrogen) atoms. The zero-order chi connectivity index (χ0) is 17.4. The Morgan fingerprint density at radius 3 is 2.92 bits per heavy atom. The van der Waals surface area contributed by atoms with Crippen molar-refractivity contribution in [3.05, 3.63) is 29.3 Å². The number of rotatable bonds is 8. The summed E-state index contributed by atoms with van der Waals surface area (Å²) in [5.41, 5.74) is 1.99. The number of benzene rings is 1. The van der Waals surface area contributed by atoms with Gasteiger partial charge in [0.1, 0.15) is 11.9 Å². The largest absolute Gasteiger partial charge is 0.488 e. The second-order valence-electron chi connectivity index (χ2n) is 5.82. The van der Waals surface area contributed by atoms with Gasteiger partial charge in [0.15, 0.2) is 0 Å². The SMILES string of the molecule is Cc1ccc(CNC(=O)NCCCC(=O)O)c(OC2CCOC2)c1. The number of carboxylic acids is 1. The highest BCUT2D eigenvalue weighted by atomic mass is 16.5. The number of carbonyl (C=O) groups excluding carboxylic acids is 1. The monoisotopic (exact) mass is 336 g/mol. The summed E-state index contributed by atoms with van der Waals surface area (Å²) in [7, 11) is 0. The van der Waals surface area contributed by atoms with Crippen LogP contribution in [-0.4, -0.2) is 43.0 Å². The molecule has 132 valence electrons. The Morgan fingerprint density at radius 1 is 1.38 bits per heavy atom. The van der Waals surface area contributed by atoms with Crippen molar-refractivity contribution in [2.45, 2.75) is 38.8 Å². The minimum atomic E-state index is -0.866. The summed E-state index contributed by atoms with van der Waals surface area (Å²) in [5, 5.41) is 14.0. The lowest BCUT2D eigenvalue weighted by Crippen LogP contribution is -2.35. The first-order chi connectivity index (χ1) is 11.5. The molecule has 1 unspecified atom stereocenters. The highest BCUT2D eigenvalue weighted by Gasteiger charge is 2.18. The van der Waals surface area contributed by atoms with Crippen LogP contribution < -0.4 is 15.4 Å². The molecule has 1 aromatic rings. The number of aryl methyl sites for hydroxylation is 1. The lowest BCUT2D eigenvalue weighted by molar-refractivity contribution is -0.137. The van der Waals surface area contributed by atoms with E-state index in [-0.39, 0.29) is 18.6 Å². The Kier molecular flexibility index (Phi) is 6.87. The van der Waals surface area contributed by atoms with E-state index in [0.29, 0.717) is 32.7 Å². The third-order valence-corrected chi connectivity index (χ3v) is 3.70. The summed E-state index contributed by atoms with van der Waals surface area (Å²) in [6.07, 6.45) is 1.36. The molecule has 0 bridgehead atoms. The van der Waals surface area contributed by atoms with Crippen LogP contribution in [0.4, 0.5) is 4.79 Å². The van der Waals surface area contributed by atoms with Gasteiger partial charge in [-0.05, 0) is 25.0 Å². The second-order valence-corrected chi connectivity index (χ2v) is 5.82. The summed E-state index contributed by atoms with van der Waals surface area (Å²) in [6, 6.07) is 5.54. The van der Waals surface area contributed by atoms with Crippen molar-refractivity contribution >= 4 is 12.0 Å². The number of hydrogen-bond acceptors (Lipinski definition) is 4. The molecule has 2 rings (SSSR count). The summed E-state index contributed by atoms with van der Waals surface area (Å²) in [6.45, 7) is 3.96. The topological polar surface area (TPSA) is 96.9 Å². The molecule has 0 aliphatic carbocycles. The van der Waals surface area contributed by atoms with Crippen molar-refractivity contribution in [3.63, 3.8) is 0 Å². The van der Waals surface area contributed by atoms with Crippen LogP contribution in [0.1, 0.15) is 30.4 Å². The van der Waals surface area contributed by atoms with E-state index in [4.69, 9.17) is 14.6 Å². The molecule has 1 fully saturated rings. The smallest absolute Gasteiger partial charge is 0.315 e. The fourth-order valence-electron chi connectivity index (χ4n) is 2.38. The first-order valence-electron chi connectivity index (χ1n) is 8.12. The lowest BCUT2D eigenvalue weighted by Gasteiger charge is -2.17. The predicted molar refractivity (Wildman–Crippen MR) is 88.1 cm³/mol. The number of urea groups is 1. The second kappa shape index (κ2) is 9.12. The Balaban J connectivity index is 1.82. The molecule has 1 saturated heterocycles. The van der Waals surface area contributed by atoms with Gasteiger partial charge < -0.3 is 25.2 Å². The lowest BCUT2D eigenvalue weighted by atomic mass is 10.1. The molecule has 1 heterocycles. The maximum absolute atomic E-state index is 11.8. The highest BCUT2D eigenvalue weighted by molar-refractivity contribution is 5.74. The van der Waals surface area contributed by atoms with E-state index < -0.39 is 5.97 Å². The van der Waals surface area contributed by atoms with Crippen molar-refractivity contribution in [1.82, 2.24) is 10.6 Å². The van der Waals surface area contributed by atoms with Crippen LogP contribution in [0.5, 0.6) is 5.75 Å². The minimum absolute atomic E-state index is 0.0414. The van der Waals surface area contributed by atoms with Crippen LogP contribution in [0.25, 0.3) is 0 Å². The molecular weight excluding hydrogens is 312 g/mol. The van der Waals surface area contributed by atoms with Gasteiger partial charge in [-0.25, -0.2) is 4.79 Å². The predicted octanol–water partition coefficient (Wildman–Crippen LogP) is 1.83. The molecule has 0 saturated carbocycles. The maximum Gasteiger partial charge on any atom is 0.315 e. The highest BCUT2D eigenvalue weighted by Crippen LogP contribution is 2.23. The zero-order valence-electron chi connectivity index (χ0n) is 13.8. The van der Waals surface area contributed by atoms with Gasteiger partial charge >= 0.3 is 12.0 Å². The van der Waals surface area contributed by atoms with Crippen LogP contribution in [0.3, 0.4) is 0 Å². The molecule has 0 aromatic heterocycles. The van der Waals surface area contributed by atoms with E-state index in [0.717, 1.165) is 23.3 Å². The Morgan fingerprint density at radius 2 is 2.21 bits per heavy atom. The molecule has 7 heteroatoms. The molecule has 0 radical (unpaired) electrons. The summed E-state index contributed by atoms with van der Waals surface area (Å²) in [4.78, 5) is 22.2. The molecule has 1 aliphatic rings. The fraction of sp³-hybridized carbons (Fsp3) is 0.529. The van der Waals surface area contributed by atoms with Gasteiger partial charge in [0.2, 0.25) is 0 Å². The van der Waals surface area contributed by atoms with Crippen LogP contribution in [0.15, 0.2) is 18.2 Å². The van der Waals surface area contributed by atoms with Crippen LogP contribution >= 0.6 is 0 Å². The number of hydrogen-bond donors (Lipinski definition) is 3. The van der Waals surface area contributed by atoms with Gasteiger partial charge in [0.05, 0.1) is 13.2 Å².